The molecule has 0 bridgehead atoms. The van der Waals surface area contributed by atoms with Crippen LogP contribution in [0.4, 0.5) is 17.1 Å². The molecule has 1 N–H and O–H groups in total. The van der Waals surface area contributed by atoms with Crippen LogP contribution in [-0.2, 0) is 9.59 Å². The van der Waals surface area contributed by atoms with Gasteiger partial charge in [0, 0.05) is 24.6 Å². The molecule has 1 saturated heterocycles. The van der Waals surface area contributed by atoms with Crippen molar-refractivity contribution in [2.75, 3.05) is 23.9 Å². The number of nitro benzene ring substituents is 1. The monoisotopic (exact) mass is 369 g/mol. The minimum absolute atomic E-state index is 0.0443. The van der Waals surface area contributed by atoms with Gasteiger partial charge in [-0.1, -0.05) is 18.2 Å². The van der Waals surface area contributed by atoms with Crippen molar-refractivity contribution in [3.05, 3.63) is 58.1 Å². The SMILES string of the molecule is COc1ccccc1NC(=O)[C@@H]1CC(=O)N(c2ccc(C)c([N+](=O)[O-])c2)C1. The maximum Gasteiger partial charge on any atom is 0.274 e. The van der Waals surface area contributed by atoms with E-state index in [1.165, 1.54) is 18.1 Å². The molecule has 2 aromatic rings. The summed E-state index contributed by atoms with van der Waals surface area (Å²) in [5, 5.41) is 13.9. The van der Waals surface area contributed by atoms with Crippen LogP contribution >= 0.6 is 0 Å². The zero-order valence-corrected chi connectivity index (χ0v) is 15.0. The molecule has 27 heavy (non-hydrogen) atoms. The number of hydrogen-bond donors (Lipinski definition) is 1. The number of amides is 2. The number of carbonyl (C=O) groups excluding carboxylic acids is 2. The average Bonchev–Trinajstić information content (AvgIpc) is 3.04. The molecule has 3 rings (SSSR count). The second-order valence-corrected chi connectivity index (χ2v) is 6.32. The number of nitrogens with zero attached hydrogens (tertiary/aromatic N) is 2. The van der Waals surface area contributed by atoms with Crippen LogP contribution in [0.1, 0.15) is 12.0 Å². The highest BCUT2D eigenvalue weighted by Gasteiger charge is 2.36. The van der Waals surface area contributed by atoms with Gasteiger partial charge in [0.2, 0.25) is 11.8 Å². The highest BCUT2D eigenvalue weighted by atomic mass is 16.6. The van der Waals surface area contributed by atoms with E-state index in [0.29, 0.717) is 22.7 Å². The molecule has 8 nitrogen and oxygen atoms in total. The van der Waals surface area contributed by atoms with E-state index in [4.69, 9.17) is 4.74 Å². The number of methoxy groups -OCH3 is 1. The molecule has 0 radical (unpaired) electrons. The van der Waals surface area contributed by atoms with Crippen molar-refractivity contribution < 1.29 is 19.2 Å². The lowest BCUT2D eigenvalue weighted by Gasteiger charge is -2.17. The summed E-state index contributed by atoms with van der Waals surface area (Å²) >= 11 is 0. The summed E-state index contributed by atoms with van der Waals surface area (Å²) in [7, 11) is 1.51. The number of rotatable bonds is 5. The topological polar surface area (TPSA) is 102 Å². The predicted molar refractivity (Wildman–Crippen MR) is 99.9 cm³/mol. The fraction of sp³-hybridized carbons (Fsp3) is 0.263. The summed E-state index contributed by atoms with van der Waals surface area (Å²) < 4.78 is 5.21. The minimum atomic E-state index is -0.553. The second kappa shape index (κ2) is 7.45. The molecule has 140 valence electrons. The smallest absolute Gasteiger partial charge is 0.274 e. The third-order valence-corrected chi connectivity index (χ3v) is 4.56. The van der Waals surface area contributed by atoms with E-state index >= 15 is 0 Å². The first-order chi connectivity index (χ1) is 12.9. The van der Waals surface area contributed by atoms with Crippen LogP contribution in [-0.4, -0.2) is 30.4 Å². The zero-order valence-electron chi connectivity index (χ0n) is 15.0. The van der Waals surface area contributed by atoms with Gasteiger partial charge in [-0.05, 0) is 25.1 Å². The Morgan fingerprint density at radius 1 is 1.30 bits per heavy atom. The largest absolute Gasteiger partial charge is 0.495 e. The van der Waals surface area contributed by atoms with Crippen LogP contribution in [0, 0.1) is 23.0 Å². The van der Waals surface area contributed by atoms with Crippen LogP contribution in [0.3, 0.4) is 0 Å². The van der Waals surface area contributed by atoms with Crippen LogP contribution in [0.25, 0.3) is 0 Å². The van der Waals surface area contributed by atoms with Gasteiger partial charge < -0.3 is 15.0 Å². The lowest BCUT2D eigenvalue weighted by atomic mass is 10.1. The quantitative estimate of drug-likeness (QED) is 0.645. The van der Waals surface area contributed by atoms with E-state index in [9.17, 15) is 19.7 Å². The third kappa shape index (κ3) is 3.74. The molecule has 0 aromatic heterocycles. The molecule has 2 amide bonds. The number of carbonyl (C=O) groups is 2. The van der Waals surface area contributed by atoms with Crippen molar-refractivity contribution in [1.82, 2.24) is 0 Å². The Hall–Kier alpha value is -3.42. The van der Waals surface area contributed by atoms with Crippen molar-refractivity contribution in [1.29, 1.82) is 0 Å². The van der Waals surface area contributed by atoms with E-state index in [2.05, 4.69) is 5.32 Å². The molecule has 1 fully saturated rings. The molecule has 0 aliphatic carbocycles. The molecular weight excluding hydrogens is 350 g/mol. The zero-order chi connectivity index (χ0) is 19.6. The first-order valence-corrected chi connectivity index (χ1v) is 8.40. The molecule has 2 aromatic carbocycles. The molecule has 0 saturated carbocycles. The number of nitrogens with one attached hydrogen (secondary N) is 1. The molecule has 8 heteroatoms. The number of benzene rings is 2. The predicted octanol–water partition coefficient (Wildman–Crippen LogP) is 2.90. The van der Waals surface area contributed by atoms with Gasteiger partial charge in [0.25, 0.3) is 5.69 Å². The van der Waals surface area contributed by atoms with Gasteiger partial charge in [-0.25, -0.2) is 0 Å². The Balaban J connectivity index is 1.76. The van der Waals surface area contributed by atoms with Gasteiger partial charge in [0.05, 0.1) is 29.3 Å². The Kier molecular flexibility index (Phi) is 5.07. The Morgan fingerprint density at radius 3 is 2.74 bits per heavy atom. The van der Waals surface area contributed by atoms with Crippen LogP contribution in [0.2, 0.25) is 0 Å². The maximum absolute atomic E-state index is 12.6. The number of ether oxygens (including phenoxy) is 1. The molecule has 1 atom stereocenters. The number of anilines is 2. The highest BCUT2D eigenvalue weighted by Crippen LogP contribution is 2.31. The molecule has 1 heterocycles. The molecular formula is C19H19N3O5. The summed E-state index contributed by atoms with van der Waals surface area (Å²) in [4.78, 5) is 37.0. The fourth-order valence-corrected chi connectivity index (χ4v) is 3.08. The van der Waals surface area contributed by atoms with Gasteiger partial charge >= 0.3 is 0 Å². The molecule has 0 unspecified atom stereocenters. The lowest BCUT2D eigenvalue weighted by molar-refractivity contribution is -0.385. The number of aryl methyl sites for hydroxylation is 1. The first-order valence-electron chi connectivity index (χ1n) is 8.40. The van der Waals surface area contributed by atoms with Gasteiger partial charge in [0.15, 0.2) is 0 Å². The summed E-state index contributed by atoms with van der Waals surface area (Å²) in [5.74, 6) is -0.561. The van der Waals surface area contributed by atoms with Crippen LogP contribution in [0.5, 0.6) is 5.75 Å². The van der Waals surface area contributed by atoms with E-state index < -0.39 is 10.8 Å². The van der Waals surface area contributed by atoms with E-state index in [-0.39, 0.29) is 30.5 Å². The van der Waals surface area contributed by atoms with Gasteiger partial charge in [-0.2, -0.15) is 0 Å². The van der Waals surface area contributed by atoms with E-state index in [1.54, 1.807) is 43.3 Å². The molecule has 0 spiro atoms. The second-order valence-electron chi connectivity index (χ2n) is 6.32. The minimum Gasteiger partial charge on any atom is -0.495 e. The van der Waals surface area contributed by atoms with Crippen LogP contribution < -0.4 is 15.0 Å². The number of hydrogen-bond acceptors (Lipinski definition) is 5. The standard InChI is InChI=1S/C19H19N3O5/c1-12-7-8-14(10-16(12)22(25)26)21-11-13(9-18(21)23)19(24)20-15-5-3-4-6-17(15)27-2/h3-8,10,13H,9,11H2,1-2H3,(H,20,24)/t13-/m1/s1. The maximum atomic E-state index is 12.6. The molecule has 1 aliphatic heterocycles. The highest BCUT2D eigenvalue weighted by molar-refractivity contribution is 6.04. The fourth-order valence-electron chi connectivity index (χ4n) is 3.08. The summed E-state index contributed by atoms with van der Waals surface area (Å²) in [6, 6.07) is 11.6. The summed E-state index contributed by atoms with van der Waals surface area (Å²) in [5.41, 5.74) is 1.41. The lowest BCUT2D eigenvalue weighted by Crippen LogP contribution is -2.28. The Labute approximate surface area is 155 Å². The van der Waals surface area contributed by atoms with Crippen molar-refractivity contribution in [3.63, 3.8) is 0 Å². The van der Waals surface area contributed by atoms with Gasteiger partial charge in [-0.3, -0.25) is 19.7 Å². The van der Waals surface area contributed by atoms with Crippen molar-refractivity contribution >= 4 is 28.9 Å². The van der Waals surface area contributed by atoms with E-state index in [0.717, 1.165) is 0 Å². The molecule has 1 aliphatic rings. The number of nitro groups is 1. The summed E-state index contributed by atoms with van der Waals surface area (Å²) in [6.07, 6.45) is 0.0443. The Morgan fingerprint density at radius 2 is 2.04 bits per heavy atom. The summed E-state index contributed by atoms with van der Waals surface area (Å²) in [6.45, 7) is 1.80. The Bertz CT molecular complexity index is 912. The average molecular weight is 369 g/mol. The van der Waals surface area contributed by atoms with Gasteiger partial charge in [0.1, 0.15) is 5.75 Å². The number of para-hydroxylation sites is 2. The third-order valence-electron chi connectivity index (χ3n) is 4.56. The van der Waals surface area contributed by atoms with Crippen molar-refractivity contribution in [3.8, 4) is 5.75 Å². The van der Waals surface area contributed by atoms with Crippen LogP contribution in [0.15, 0.2) is 42.5 Å². The normalized spacial score (nSPS) is 16.3. The first kappa shape index (κ1) is 18.4. The van der Waals surface area contributed by atoms with Crippen molar-refractivity contribution in [2.24, 2.45) is 5.92 Å². The van der Waals surface area contributed by atoms with Crippen molar-refractivity contribution in [2.45, 2.75) is 13.3 Å². The van der Waals surface area contributed by atoms with Gasteiger partial charge in [-0.15, -0.1) is 0 Å². The van der Waals surface area contributed by atoms with E-state index in [1.807, 2.05) is 0 Å².